The molecule has 2 heterocycles. The molecule has 0 aromatic heterocycles. The molecule has 0 saturated carbocycles. The van der Waals surface area contributed by atoms with Gasteiger partial charge in [-0.15, -0.1) is 0 Å². The van der Waals surface area contributed by atoms with Crippen LogP contribution in [0, 0.1) is 11.8 Å². The van der Waals surface area contributed by atoms with Crippen LogP contribution < -0.4 is 0 Å². The average Bonchev–Trinajstić information content (AvgIpc) is 2.23. The van der Waals surface area contributed by atoms with Gasteiger partial charge < -0.3 is 14.4 Å². The molecule has 2 saturated heterocycles. The predicted octanol–water partition coefficient (Wildman–Crippen LogP) is 1.34. The van der Waals surface area contributed by atoms with Crippen LogP contribution in [0.25, 0.3) is 0 Å². The van der Waals surface area contributed by atoms with Gasteiger partial charge in [0.1, 0.15) is 6.79 Å². The van der Waals surface area contributed by atoms with Crippen molar-refractivity contribution in [1.82, 2.24) is 4.90 Å². The van der Waals surface area contributed by atoms with Crippen molar-refractivity contribution in [2.24, 2.45) is 11.8 Å². The summed E-state index contributed by atoms with van der Waals surface area (Å²) in [6, 6.07) is 0. The number of hydrogen-bond donors (Lipinski definition) is 0. The molecule has 0 spiro atoms. The Labute approximate surface area is 86.4 Å². The van der Waals surface area contributed by atoms with Crippen LogP contribution in [-0.2, 0) is 9.47 Å². The molecule has 0 bridgehead atoms. The first-order valence-corrected chi connectivity index (χ1v) is 5.72. The Bertz CT molecular complexity index is 161. The van der Waals surface area contributed by atoms with E-state index in [9.17, 15) is 0 Å². The fourth-order valence-corrected chi connectivity index (χ4v) is 2.25. The lowest BCUT2D eigenvalue weighted by Gasteiger charge is -2.34. The summed E-state index contributed by atoms with van der Waals surface area (Å²) in [6.07, 6.45) is 2.71. The molecule has 2 aliphatic rings. The molecule has 2 fully saturated rings. The van der Waals surface area contributed by atoms with E-state index in [1.165, 1.54) is 25.9 Å². The van der Waals surface area contributed by atoms with Crippen LogP contribution in [0.15, 0.2) is 0 Å². The lowest BCUT2D eigenvalue weighted by atomic mass is 9.98. The summed E-state index contributed by atoms with van der Waals surface area (Å²) in [5.41, 5.74) is 0. The second kappa shape index (κ2) is 5.10. The minimum Gasteiger partial charge on any atom is -0.355 e. The molecular formula is C11H21NO2. The molecule has 3 nitrogen and oxygen atoms in total. The van der Waals surface area contributed by atoms with Crippen LogP contribution in [0.1, 0.15) is 19.8 Å². The quantitative estimate of drug-likeness (QED) is 0.670. The number of ether oxygens (including phenoxy) is 2. The average molecular weight is 199 g/mol. The Hall–Kier alpha value is -0.120. The summed E-state index contributed by atoms with van der Waals surface area (Å²) in [5.74, 6) is 1.52. The Morgan fingerprint density at radius 2 is 1.79 bits per heavy atom. The Morgan fingerprint density at radius 1 is 1.14 bits per heavy atom. The smallest absolute Gasteiger partial charge is 0.146 e. The first kappa shape index (κ1) is 10.4. The fourth-order valence-electron chi connectivity index (χ4n) is 2.25. The third-order valence-electron chi connectivity index (χ3n) is 3.27. The van der Waals surface area contributed by atoms with Crippen LogP contribution in [0.3, 0.4) is 0 Å². The van der Waals surface area contributed by atoms with Crippen molar-refractivity contribution in [3.63, 3.8) is 0 Å². The van der Waals surface area contributed by atoms with Crippen molar-refractivity contribution < 1.29 is 9.47 Å². The topological polar surface area (TPSA) is 21.7 Å². The van der Waals surface area contributed by atoms with E-state index in [0.717, 1.165) is 25.7 Å². The first-order chi connectivity index (χ1) is 6.84. The lowest BCUT2D eigenvalue weighted by molar-refractivity contribution is -0.130. The summed E-state index contributed by atoms with van der Waals surface area (Å²) in [4.78, 5) is 2.56. The van der Waals surface area contributed by atoms with Gasteiger partial charge in [-0.1, -0.05) is 6.92 Å². The van der Waals surface area contributed by atoms with E-state index in [-0.39, 0.29) is 0 Å². The molecule has 0 aromatic rings. The van der Waals surface area contributed by atoms with Crippen LogP contribution in [0.4, 0.5) is 0 Å². The van der Waals surface area contributed by atoms with Gasteiger partial charge in [-0.2, -0.15) is 0 Å². The van der Waals surface area contributed by atoms with Crippen LogP contribution in [0.5, 0.6) is 0 Å². The summed E-state index contributed by atoms with van der Waals surface area (Å²) < 4.78 is 10.6. The predicted molar refractivity (Wildman–Crippen MR) is 55.1 cm³/mol. The maximum atomic E-state index is 5.30. The van der Waals surface area contributed by atoms with E-state index in [0.29, 0.717) is 12.7 Å². The second-order valence-corrected chi connectivity index (χ2v) is 4.71. The monoisotopic (exact) mass is 199 g/mol. The lowest BCUT2D eigenvalue weighted by Crippen LogP contribution is -2.40. The van der Waals surface area contributed by atoms with Crippen molar-refractivity contribution in [2.75, 3.05) is 39.6 Å². The molecule has 2 rings (SSSR count). The highest BCUT2D eigenvalue weighted by Gasteiger charge is 2.21. The van der Waals surface area contributed by atoms with Gasteiger partial charge in [-0.25, -0.2) is 0 Å². The zero-order valence-corrected chi connectivity index (χ0v) is 9.08. The molecule has 0 unspecified atom stereocenters. The Kier molecular flexibility index (Phi) is 3.79. The van der Waals surface area contributed by atoms with Crippen molar-refractivity contribution >= 4 is 0 Å². The largest absolute Gasteiger partial charge is 0.355 e. The van der Waals surface area contributed by atoms with Gasteiger partial charge in [0.15, 0.2) is 0 Å². The van der Waals surface area contributed by atoms with Gasteiger partial charge >= 0.3 is 0 Å². The number of piperidine rings is 1. The van der Waals surface area contributed by atoms with Crippen LogP contribution >= 0.6 is 0 Å². The standard InChI is InChI=1S/C11H21NO2/c1-10-2-4-12(5-3-10)6-11-7-13-9-14-8-11/h10-11H,2-9H2,1H3. The summed E-state index contributed by atoms with van der Waals surface area (Å²) >= 11 is 0. The Morgan fingerprint density at radius 3 is 2.43 bits per heavy atom. The highest BCUT2D eigenvalue weighted by Crippen LogP contribution is 2.17. The first-order valence-electron chi connectivity index (χ1n) is 5.72. The maximum Gasteiger partial charge on any atom is 0.146 e. The van der Waals surface area contributed by atoms with Gasteiger partial charge in [-0.3, -0.25) is 0 Å². The third kappa shape index (κ3) is 2.94. The molecular weight excluding hydrogens is 178 g/mol. The molecule has 0 aromatic carbocycles. The number of rotatable bonds is 2. The zero-order valence-electron chi connectivity index (χ0n) is 9.08. The molecule has 0 atom stereocenters. The van der Waals surface area contributed by atoms with Gasteiger partial charge in [0.05, 0.1) is 13.2 Å². The summed E-state index contributed by atoms with van der Waals surface area (Å²) in [7, 11) is 0. The molecule has 0 aliphatic carbocycles. The molecule has 14 heavy (non-hydrogen) atoms. The fraction of sp³-hybridized carbons (Fsp3) is 1.00. The zero-order chi connectivity index (χ0) is 9.80. The van der Waals surface area contributed by atoms with Gasteiger partial charge in [0.25, 0.3) is 0 Å². The molecule has 2 aliphatic heterocycles. The van der Waals surface area contributed by atoms with E-state index in [2.05, 4.69) is 11.8 Å². The summed E-state index contributed by atoms with van der Waals surface area (Å²) in [5, 5.41) is 0. The minimum atomic E-state index is 0.494. The van der Waals surface area contributed by atoms with Gasteiger partial charge in [0.2, 0.25) is 0 Å². The molecule has 0 N–H and O–H groups in total. The number of nitrogens with zero attached hydrogens (tertiary/aromatic N) is 1. The van der Waals surface area contributed by atoms with Gasteiger partial charge in [0, 0.05) is 12.5 Å². The maximum absolute atomic E-state index is 5.30. The van der Waals surface area contributed by atoms with Crippen molar-refractivity contribution in [3.05, 3.63) is 0 Å². The highest BCUT2D eigenvalue weighted by atomic mass is 16.7. The highest BCUT2D eigenvalue weighted by molar-refractivity contribution is 4.73. The molecule has 0 amide bonds. The number of hydrogen-bond acceptors (Lipinski definition) is 3. The van der Waals surface area contributed by atoms with Crippen molar-refractivity contribution in [1.29, 1.82) is 0 Å². The van der Waals surface area contributed by atoms with Gasteiger partial charge in [-0.05, 0) is 31.8 Å². The Balaban J connectivity index is 1.68. The van der Waals surface area contributed by atoms with Crippen molar-refractivity contribution in [3.8, 4) is 0 Å². The molecule has 82 valence electrons. The van der Waals surface area contributed by atoms with E-state index >= 15 is 0 Å². The molecule has 0 radical (unpaired) electrons. The molecule has 3 heteroatoms. The van der Waals surface area contributed by atoms with Crippen LogP contribution in [0.2, 0.25) is 0 Å². The minimum absolute atomic E-state index is 0.494. The van der Waals surface area contributed by atoms with E-state index in [1.807, 2.05) is 0 Å². The van der Waals surface area contributed by atoms with E-state index in [4.69, 9.17) is 9.47 Å². The second-order valence-electron chi connectivity index (χ2n) is 4.71. The third-order valence-corrected chi connectivity index (χ3v) is 3.27. The van der Waals surface area contributed by atoms with E-state index in [1.54, 1.807) is 0 Å². The van der Waals surface area contributed by atoms with E-state index < -0.39 is 0 Å². The normalized spacial score (nSPS) is 28.1. The van der Waals surface area contributed by atoms with Crippen molar-refractivity contribution in [2.45, 2.75) is 19.8 Å². The summed E-state index contributed by atoms with van der Waals surface area (Å²) in [6.45, 7) is 8.29. The number of likely N-dealkylation sites (tertiary alicyclic amines) is 1. The van der Waals surface area contributed by atoms with Crippen LogP contribution in [-0.4, -0.2) is 44.5 Å². The SMILES string of the molecule is CC1CCN(CC2COCOC2)CC1.